The lowest BCUT2D eigenvalue weighted by atomic mass is 10.1. The van der Waals surface area contributed by atoms with Gasteiger partial charge in [0.2, 0.25) is 11.8 Å². The van der Waals surface area contributed by atoms with E-state index >= 15 is 0 Å². The molecule has 11 nitrogen and oxygen atoms in total. The maximum Gasteiger partial charge on any atom is 0.322 e. The highest BCUT2D eigenvalue weighted by molar-refractivity contribution is 5.91. The molecule has 2 amide bonds. The average Bonchev–Trinajstić information content (AvgIpc) is 3.25. The van der Waals surface area contributed by atoms with E-state index < -0.39 is 36.4 Å². The summed E-state index contributed by atoms with van der Waals surface area (Å²) < 4.78 is 0. The van der Waals surface area contributed by atoms with Gasteiger partial charge in [-0.05, 0) is 0 Å². The third-order valence-corrected chi connectivity index (χ3v) is 3.36. The third kappa shape index (κ3) is 5.73. The Morgan fingerprint density at radius 2 is 1.68 bits per heavy atom. The molecule has 0 saturated heterocycles. The number of carbonyl (C=O) groups is 3. The Hall–Kier alpha value is -3.21. The van der Waals surface area contributed by atoms with Crippen LogP contribution in [-0.4, -0.2) is 61.5 Å². The quantitative estimate of drug-likeness (QED) is 0.301. The van der Waals surface area contributed by atoms with Gasteiger partial charge in [-0.1, -0.05) is 0 Å². The second kappa shape index (κ2) is 8.59. The highest BCUT2D eigenvalue weighted by Crippen LogP contribution is 2.01. The summed E-state index contributed by atoms with van der Waals surface area (Å²) in [6.45, 7) is -0.547. The fraction of sp³-hybridized carbons (Fsp3) is 0.357. The summed E-state index contributed by atoms with van der Waals surface area (Å²) in [6.07, 6.45) is 6.31. The largest absolute Gasteiger partial charge is 0.480 e. The van der Waals surface area contributed by atoms with E-state index in [0.29, 0.717) is 11.4 Å². The molecule has 0 aliphatic heterocycles. The minimum absolute atomic E-state index is 0.119. The van der Waals surface area contributed by atoms with Gasteiger partial charge < -0.3 is 31.4 Å². The fourth-order valence-corrected chi connectivity index (χ4v) is 2.12. The molecular weight excluding hydrogens is 330 g/mol. The van der Waals surface area contributed by atoms with Crippen molar-refractivity contribution < 1.29 is 19.5 Å². The van der Waals surface area contributed by atoms with Crippen molar-refractivity contribution in [1.82, 2.24) is 30.6 Å². The fourth-order valence-electron chi connectivity index (χ4n) is 2.12. The highest BCUT2D eigenvalue weighted by Gasteiger charge is 2.25. The summed E-state index contributed by atoms with van der Waals surface area (Å²) in [5, 5.41) is 13.4. The zero-order valence-electron chi connectivity index (χ0n) is 13.2. The lowest BCUT2D eigenvalue weighted by Gasteiger charge is -2.19. The van der Waals surface area contributed by atoms with Crippen molar-refractivity contribution >= 4 is 17.8 Å². The first-order valence-corrected chi connectivity index (χ1v) is 7.45. The number of nitrogens with zero attached hydrogens (tertiary/aromatic N) is 2. The molecule has 134 valence electrons. The monoisotopic (exact) mass is 349 g/mol. The van der Waals surface area contributed by atoms with Gasteiger partial charge in [0.1, 0.15) is 12.6 Å². The van der Waals surface area contributed by atoms with Gasteiger partial charge >= 0.3 is 5.97 Å². The minimum Gasteiger partial charge on any atom is -0.480 e. The number of carboxylic acid groups (broad SMARTS) is 1. The molecule has 0 aliphatic rings. The number of nitrogens with one attached hydrogen (secondary N) is 4. The number of rotatable bonds is 9. The number of aromatic nitrogens is 4. The number of hydrogen-bond acceptors (Lipinski definition) is 6. The van der Waals surface area contributed by atoms with Gasteiger partial charge in [-0.15, -0.1) is 0 Å². The molecular formula is C14H19N7O4. The second-order valence-corrected chi connectivity index (χ2v) is 5.34. The molecule has 0 spiro atoms. The Balaban J connectivity index is 1.99. The van der Waals surface area contributed by atoms with E-state index in [-0.39, 0.29) is 12.8 Å². The second-order valence-electron chi connectivity index (χ2n) is 5.34. The van der Waals surface area contributed by atoms with Crippen LogP contribution in [0.2, 0.25) is 0 Å². The summed E-state index contributed by atoms with van der Waals surface area (Å²) in [7, 11) is 0. The van der Waals surface area contributed by atoms with Crippen molar-refractivity contribution in [2.24, 2.45) is 5.73 Å². The molecule has 2 unspecified atom stereocenters. The van der Waals surface area contributed by atoms with E-state index in [4.69, 9.17) is 10.8 Å². The van der Waals surface area contributed by atoms with Gasteiger partial charge in [-0.25, -0.2) is 9.97 Å². The van der Waals surface area contributed by atoms with E-state index in [0.717, 1.165) is 0 Å². The molecule has 2 aromatic rings. The molecule has 2 rings (SSSR count). The van der Waals surface area contributed by atoms with Crippen molar-refractivity contribution in [3.05, 3.63) is 36.4 Å². The maximum absolute atomic E-state index is 12.3. The predicted octanol–water partition coefficient (Wildman–Crippen LogP) is -2.07. The molecule has 2 atom stereocenters. The van der Waals surface area contributed by atoms with Crippen LogP contribution < -0.4 is 16.4 Å². The van der Waals surface area contributed by atoms with Gasteiger partial charge in [0, 0.05) is 36.6 Å². The summed E-state index contributed by atoms with van der Waals surface area (Å²) in [5.41, 5.74) is 7.14. The SMILES string of the molecule is NC(Cc1cnc[nH]1)C(=O)NC(Cc1cnc[nH]1)C(=O)NCC(=O)O. The van der Waals surface area contributed by atoms with E-state index in [2.05, 4.69) is 30.6 Å². The number of aromatic amines is 2. The topological polar surface area (TPSA) is 179 Å². The van der Waals surface area contributed by atoms with Crippen molar-refractivity contribution in [1.29, 1.82) is 0 Å². The molecule has 11 heteroatoms. The molecule has 2 heterocycles. The Labute approximate surface area is 142 Å². The van der Waals surface area contributed by atoms with Crippen molar-refractivity contribution in [3.8, 4) is 0 Å². The summed E-state index contributed by atoms with van der Waals surface area (Å²) in [6, 6.07) is -1.88. The number of imidazole rings is 2. The molecule has 2 aromatic heterocycles. The summed E-state index contributed by atoms with van der Waals surface area (Å²) in [4.78, 5) is 48.4. The number of carbonyl (C=O) groups excluding carboxylic acids is 2. The van der Waals surface area contributed by atoms with Crippen LogP contribution in [0.1, 0.15) is 11.4 Å². The van der Waals surface area contributed by atoms with Gasteiger partial charge in [-0.3, -0.25) is 14.4 Å². The number of amides is 2. The molecule has 0 bridgehead atoms. The van der Waals surface area contributed by atoms with Crippen LogP contribution in [0.15, 0.2) is 25.0 Å². The molecule has 0 aromatic carbocycles. The van der Waals surface area contributed by atoms with E-state index in [1.54, 1.807) is 6.20 Å². The number of H-pyrrole nitrogens is 2. The Kier molecular flexibility index (Phi) is 6.23. The van der Waals surface area contributed by atoms with Crippen LogP contribution in [0.5, 0.6) is 0 Å². The van der Waals surface area contributed by atoms with E-state index in [1.807, 2.05) is 0 Å². The van der Waals surface area contributed by atoms with Crippen LogP contribution in [0.4, 0.5) is 0 Å². The van der Waals surface area contributed by atoms with Crippen molar-refractivity contribution in [2.45, 2.75) is 24.9 Å². The first kappa shape index (κ1) is 18.1. The van der Waals surface area contributed by atoms with Gasteiger partial charge in [0.15, 0.2) is 0 Å². The Bertz CT molecular complexity index is 699. The molecule has 25 heavy (non-hydrogen) atoms. The normalized spacial score (nSPS) is 13.0. The van der Waals surface area contributed by atoms with Crippen LogP contribution in [-0.2, 0) is 27.2 Å². The van der Waals surface area contributed by atoms with Gasteiger partial charge in [0.05, 0.1) is 18.7 Å². The zero-order chi connectivity index (χ0) is 18.2. The lowest BCUT2D eigenvalue weighted by Crippen LogP contribution is -2.53. The van der Waals surface area contributed by atoms with Crippen LogP contribution >= 0.6 is 0 Å². The van der Waals surface area contributed by atoms with Gasteiger partial charge in [-0.2, -0.15) is 0 Å². The first-order valence-electron chi connectivity index (χ1n) is 7.45. The first-order chi connectivity index (χ1) is 12.0. The summed E-state index contributed by atoms with van der Waals surface area (Å²) >= 11 is 0. The maximum atomic E-state index is 12.3. The van der Waals surface area contributed by atoms with Crippen LogP contribution in [0.3, 0.4) is 0 Å². The molecule has 7 N–H and O–H groups in total. The molecule has 0 radical (unpaired) electrons. The van der Waals surface area contributed by atoms with Crippen molar-refractivity contribution in [2.75, 3.05) is 6.54 Å². The molecule has 0 aliphatic carbocycles. The molecule has 0 saturated carbocycles. The highest BCUT2D eigenvalue weighted by atomic mass is 16.4. The number of hydrogen-bond donors (Lipinski definition) is 6. The average molecular weight is 349 g/mol. The Morgan fingerprint density at radius 3 is 2.20 bits per heavy atom. The third-order valence-electron chi connectivity index (χ3n) is 3.36. The number of carboxylic acids is 1. The number of nitrogens with two attached hydrogens (primary N) is 1. The Morgan fingerprint density at radius 1 is 1.08 bits per heavy atom. The van der Waals surface area contributed by atoms with Crippen LogP contribution in [0.25, 0.3) is 0 Å². The van der Waals surface area contributed by atoms with E-state index in [1.165, 1.54) is 18.9 Å². The molecule has 0 fully saturated rings. The standard InChI is InChI=1S/C14H19N7O4/c15-10(1-8-3-16-6-19-8)13(24)21-11(2-9-4-17-7-20-9)14(25)18-5-12(22)23/h3-4,6-7,10-11H,1-2,5,15H2,(H,16,19)(H,17,20)(H,18,25)(H,21,24)(H,22,23). The lowest BCUT2D eigenvalue weighted by molar-refractivity contribution is -0.138. The van der Waals surface area contributed by atoms with E-state index in [9.17, 15) is 14.4 Å². The van der Waals surface area contributed by atoms with Gasteiger partial charge in [0.25, 0.3) is 0 Å². The zero-order valence-corrected chi connectivity index (χ0v) is 13.2. The number of aliphatic carboxylic acids is 1. The summed E-state index contributed by atoms with van der Waals surface area (Å²) in [5.74, 6) is -2.35. The minimum atomic E-state index is -1.18. The van der Waals surface area contributed by atoms with Crippen LogP contribution in [0, 0.1) is 0 Å². The van der Waals surface area contributed by atoms with Crippen molar-refractivity contribution in [3.63, 3.8) is 0 Å². The predicted molar refractivity (Wildman–Crippen MR) is 85.1 cm³/mol. The smallest absolute Gasteiger partial charge is 0.322 e.